The van der Waals surface area contributed by atoms with Crippen molar-refractivity contribution in [3.8, 4) is 11.8 Å². The molecule has 1 aromatic heterocycles. The summed E-state index contributed by atoms with van der Waals surface area (Å²) in [5.41, 5.74) is 0.210. The van der Waals surface area contributed by atoms with Gasteiger partial charge in [0.1, 0.15) is 11.8 Å². The lowest BCUT2D eigenvalue weighted by atomic mass is 10.3. The number of rotatable bonds is 8. The van der Waals surface area contributed by atoms with Crippen LogP contribution in [0, 0.1) is 11.3 Å². The zero-order valence-corrected chi connectivity index (χ0v) is 12.9. The Labute approximate surface area is 133 Å². The number of oxazole rings is 1. The molecule has 2 rings (SSSR count). The maximum Gasteiger partial charge on any atom is 0.236 e. The van der Waals surface area contributed by atoms with Gasteiger partial charge in [0.15, 0.2) is 6.61 Å². The van der Waals surface area contributed by atoms with Crippen LogP contribution in [-0.4, -0.2) is 25.2 Å². The van der Waals surface area contributed by atoms with Crippen molar-refractivity contribution in [2.24, 2.45) is 0 Å². The van der Waals surface area contributed by atoms with Gasteiger partial charge in [-0.1, -0.05) is 17.7 Å². The van der Waals surface area contributed by atoms with Gasteiger partial charge in [-0.15, -0.1) is 0 Å². The van der Waals surface area contributed by atoms with Gasteiger partial charge in [-0.2, -0.15) is 10.2 Å². The third-order valence-electron chi connectivity index (χ3n) is 2.75. The fourth-order valence-electron chi connectivity index (χ4n) is 1.74. The number of benzene rings is 1. The molecule has 0 radical (unpaired) electrons. The summed E-state index contributed by atoms with van der Waals surface area (Å²) in [5.74, 6) is 1.29. The quantitative estimate of drug-likeness (QED) is 0.752. The van der Waals surface area contributed by atoms with Crippen LogP contribution in [0.25, 0.3) is 0 Å². The Morgan fingerprint density at radius 3 is 3.05 bits per heavy atom. The van der Waals surface area contributed by atoms with E-state index in [1.54, 1.807) is 31.4 Å². The normalized spacial score (nSPS) is 10.2. The summed E-state index contributed by atoms with van der Waals surface area (Å²) in [7, 11) is 1.64. The van der Waals surface area contributed by atoms with Gasteiger partial charge >= 0.3 is 0 Å². The standard InChI is InChI=1S/C15H16ClN3O3/c1-20-7-3-6-18-15-13(9-17)19-14(22-15)10-21-12-5-2-4-11(16)8-12/h2,4-5,8,18H,3,6-7,10H2,1H3. The van der Waals surface area contributed by atoms with Crippen LogP contribution in [0.1, 0.15) is 18.0 Å². The summed E-state index contributed by atoms with van der Waals surface area (Å²) < 4.78 is 16.0. The third kappa shape index (κ3) is 4.65. The zero-order valence-electron chi connectivity index (χ0n) is 12.1. The number of halogens is 1. The van der Waals surface area contributed by atoms with Crippen molar-refractivity contribution in [3.63, 3.8) is 0 Å². The number of aromatic nitrogens is 1. The zero-order chi connectivity index (χ0) is 15.8. The van der Waals surface area contributed by atoms with Gasteiger partial charge in [0.25, 0.3) is 0 Å². The predicted octanol–water partition coefficient (Wildman–Crippen LogP) is 3.23. The van der Waals surface area contributed by atoms with E-state index >= 15 is 0 Å². The van der Waals surface area contributed by atoms with Crippen LogP contribution < -0.4 is 10.1 Å². The molecule has 2 aromatic rings. The maximum absolute atomic E-state index is 9.06. The summed E-state index contributed by atoms with van der Waals surface area (Å²) in [4.78, 5) is 4.09. The van der Waals surface area contributed by atoms with Gasteiger partial charge in [0.05, 0.1) is 0 Å². The van der Waals surface area contributed by atoms with Crippen molar-refractivity contribution in [2.75, 3.05) is 25.6 Å². The largest absolute Gasteiger partial charge is 0.484 e. The fourth-order valence-corrected chi connectivity index (χ4v) is 1.92. The Balaban J connectivity index is 1.94. The fraction of sp³-hybridized carbons (Fsp3) is 0.333. The van der Waals surface area contributed by atoms with E-state index in [4.69, 9.17) is 30.8 Å². The molecule has 116 valence electrons. The molecule has 7 heteroatoms. The Morgan fingerprint density at radius 1 is 1.45 bits per heavy atom. The monoisotopic (exact) mass is 321 g/mol. The molecular weight excluding hydrogens is 306 g/mol. The molecule has 0 aliphatic rings. The molecule has 0 amide bonds. The van der Waals surface area contributed by atoms with Gasteiger partial charge in [0, 0.05) is 25.3 Å². The molecule has 0 bridgehead atoms. The van der Waals surface area contributed by atoms with Crippen molar-refractivity contribution in [2.45, 2.75) is 13.0 Å². The number of hydrogen-bond donors (Lipinski definition) is 1. The molecule has 0 unspecified atom stereocenters. The van der Waals surface area contributed by atoms with Gasteiger partial charge in [0.2, 0.25) is 17.5 Å². The van der Waals surface area contributed by atoms with E-state index in [0.29, 0.717) is 35.7 Å². The first-order valence-electron chi connectivity index (χ1n) is 6.74. The van der Waals surface area contributed by atoms with Crippen molar-refractivity contribution in [3.05, 3.63) is 40.9 Å². The minimum absolute atomic E-state index is 0.120. The molecule has 1 aromatic carbocycles. The first kappa shape index (κ1) is 16.1. The van der Waals surface area contributed by atoms with Crippen LogP contribution in [0.2, 0.25) is 5.02 Å². The van der Waals surface area contributed by atoms with Gasteiger partial charge in [-0.05, 0) is 24.6 Å². The lowest BCUT2D eigenvalue weighted by molar-refractivity contribution is 0.197. The highest BCUT2D eigenvalue weighted by Gasteiger charge is 2.13. The Morgan fingerprint density at radius 2 is 2.32 bits per heavy atom. The average molecular weight is 322 g/mol. The van der Waals surface area contributed by atoms with Crippen LogP contribution in [0.3, 0.4) is 0 Å². The smallest absolute Gasteiger partial charge is 0.236 e. The molecule has 0 saturated carbocycles. The second-order valence-electron chi connectivity index (χ2n) is 4.42. The number of methoxy groups -OCH3 is 1. The number of anilines is 1. The first-order valence-corrected chi connectivity index (χ1v) is 7.11. The number of hydrogen-bond acceptors (Lipinski definition) is 6. The van der Waals surface area contributed by atoms with Crippen LogP contribution in [0.15, 0.2) is 28.7 Å². The minimum Gasteiger partial charge on any atom is -0.484 e. The van der Waals surface area contributed by atoms with Crippen LogP contribution in [0.4, 0.5) is 5.88 Å². The van der Waals surface area contributed by atoms with E-state index < -0.39 is 0 Å². The Kier molecular flexibility index (Phi) is 6.07. The second-order valence-corrected chi connectivity index (χ2v) is 4.85. The van der Waals surface area contributed by atoms with Gasteiger partial charge in [-0.3, -0.25) is 0 Å². The molecule has 0 aliphatic carbocycles. The van der Waals surface area contributed by atoms with Crippen LogP contribution in [0.5, 0.6) is 5.75 Å². The molecule has 1 N–H and O–H groups in total. The van der Waals surface area contributed by atoms with E-state index in [1.807, 2.05) is 6.07 Å². The highest BCUT2D eigenvalue weighted by atomic mass is 35.5. The molecule has 6 nitrogen and oxygen atoms in total. The minimum atomic E-state index is 0.120. The third-order valence-corrected chi connectivity index (χ3v) is 2.98. The first-order chi connectivity index (χ1) is 10.7. The van der Waals surface area contributed by atoms with Gasteiger partial charge in [-0.25, -0.2) is 0 Å². The SMILES string of the molecule is COCCCNc1oc(COc2cccc(Cl)c2)nc1C#N. The van der Waals surface area contributed by atoms with Crippen LogP contribution in [-0.2, 0) is 11.3 Å². The van der Waals surface area contributed by atoms with E-state index in [2.05, 4.69) is 10.3 Å². The van der Waals surface area contributed by atoms with E-state index in [-0.39, 0.29) is 12.3 Å². The maximum atomic E-state index is 9.06. The molecule has 0 spiro atoms. The Bertz CT molecular complexity index is 652. The molecule has 1 heterocycles. The van der Waals surface area contributed by atoms with Crippen molar-refractivity contribution < 1.29 is 13.9 Å². The molecule has 0 atom stereocenters. The Hall–Kier alpha value is -2.23. The van der Waals surface area contributed by atoms with Gasteiger partial charge < -0.3 is 19.2 Å². The number of nitrogens with one attached hydrogen (secondary N) is 1. The number of nitriles is 1. The summed E-state index contributed by atoms with van der Waals surface area (Å²) in [6.45, 7) is 1.38. The summed E-state index contributed by atoms with van der Waals surface area (Å²) in [5, 5.41) is 12.7. The number of ether oxygens (including phenoxy) is 2. The molecule has 0 fully saturated rings. The number of nitrogens with zero attached hydrogens (tertiary/aromatic N) is 2. The summed E-state index contributed by atoms with van der Waals surface area (Å²) >= 11 is 5.88. The van der Waals surface area contributed by atoms with E-state index in [0.717, 1.165) is 6.42 Å². The lowest BCUT2D eigenvalue weighted by Gasteiger charge is -2.03. The molecular formula is C15H16ClN3O3. The highest BCUT2D eigenvalue weighted by molar-refractivity contribution is 6.30. The van der Waals surface area contributed by atoms with Crippen molar-refractivity contribution in [1.29, 1.82) is 5.26 Å². The molecule has 0 saturated heterocycles. The summed E-state index contributed by atoms with van der Waals surface area (Å²) in [6, 6.07) is 9.01. The predicted molar refractivity (Wildman–Crippen MR) is 82.0 cm³/mol. The summed E-state index contributed by atoms with van der Waals surface area (Å²) in [6.07, 6.45) is 0.802. The molecule has 22 heavy (non-hydrogen) atoms. The van der Waals surface area contributed by atoms with E-state index in [9.17, 15) is 0 Å². The lowest BCUT2D eigenvalue weighted by Crippen LogP contribution is -2.04. The topological polar surface area (TPSA) is 80.3 Å². The second kappa shape index (κ2) is 8.27. The molecule has 0 aliphatic heterocycles. The van der Waals surface area contributed by atoms with Crippen molar-refractivity contribution >= 4 is 17.5 Å². The van der Waals surface area contributed by atoms with E-state index in [1.165, 1.54) is 0 Å². The van der Waals surface area contributed by atoms with Crippen molar-refractivity contribution in [1.82, 2.24) is 4.98 Å². The average Bonchev–Trinajstić information content (AvgIpc) is 2.92. The highest BCUT2D eigenvalue weighted by Crippen LogP contribution is 2.20. The van der Waals surface area contributed by atoms with Crippen LogP contribution >= 0.6 is 11.6 Å².